The molecule has 2 fully saturated rings. The highest BCUT2D eigenvalue weighted by Crippen LogP contribution is 2.27. The first-order valence-electron chi connectivity index (χ1n) is 8.40. The molecule has 1 heterocycles. The molecular weight excluding hydrogens is 252 g/mol. The molecular formula is C16H30N2O2. The SMILES string of the molecule is CCC(NCC(=O)NC1CCOCC1)C1CCCCC1. The van der Waals surface area contributed by atoms with Crippen LogP contribution in [0.4, 0.5) is 0 Å². The van der Waals surface area contributed by atoms with Crippen molar-refractivity contribution in [1.29, 1.82) is 0 Å². The van der Waals surface area contributed by atoms with Crippen LogP contribution >= 0.6 is 0 Å². The van der Waals surface area contributed by atoms with E-state index in [1.807, 2.05) is 0 Å². The Hall–Kier alpha value is -0.610. The Kier molecular flexibility index (Phi) is 6.80. The van der Waals surface area contributed by atoms with Crippen molar-refractivity contribution in [3.8, 4) is 0 Å². The van der Waals surface area contributed by atoms with E-state index in [4.69, 9.17) is 4.74 Å². The topological polar surface area (TPSA) is 50.4 Å². The molecule has 0 aromatic carbocycles. The fourth-order valence-electron chi connectivity index (χ4n) is 3.53. The molecule has 0 aromatic heterocycles. The second-order valence-electron chi connectivity index (χ2n) is 6.25. The van der Waals surface area contributed by atoms with E-state index in [1.54, 1.807) is 0 Å². The van der Waals surface area contributed by atoms with Crippen LogP contribution in [0.15, 0.2) is 0 Å². The molecule has 1 saturated carbocycles. The van der Waals surface area contributed by atoms with Crippen LogP contribution in [0.5, 0.6) is 0 Å². The predicted molar refractivity (Wildman–Crippen MR) is 80.6 cm³/mol. The molecule has 1 saturated heterocycles. The maximum absolute atomic E-state index is 12.0. The van der Waals surface area contributed by atoms with Crippen LogP contribution in [0, 0.1) is 5.92 Å². The zero-order valence-corrected chi connectivity index (χ0v) is 12.8. The molecule has 1 aliphatic carbocycles. The van der Waals surface area contributed by atoms with Crippen molar-refractivity contribution in [1.82, 2.24) is 10.6 Å². The summed E-state index contributed by atoms with van der Waals surface area (Å²) in [5, 5.41) is 6.60. The van der Waals surface area contributed by atoms with Gasteiger partial charge in [-0.05, 0) is 38.0 Å². The van der Waals surface area contributed by atoms with Gasteiger partial charge in [-0.15, -0.1) is 0 Å². The quantitative estimate of drug-likeness (QED) is 0.785. The highest BCUT2D eigenvalue weighted by atomic mass is 16.5. The average molecular weight is 282 g/mol. The Labute approximate surface area is 123 Å². The number of carbonyl (C=O) groups is 1. The number of ether oxygens (including phenoxy) is 1. The Balaban J connectivity index is 1.67. The lowest BCUT2D eigenvalue weighted by molar-refractivity contribution is -0.121. The minimum Gasteiger partial charge on any atom is -0.381 e. The summed E-state index contributed by atoms with van der Waals surface area (Å²) in [5.41, 5.74) is 0. The summed E-state index contributed by atoms with van der Waals surface area (Å²) >= 11 is 0. The average Bonchev–Trinajstić information content (AvgIpc) is 2.50. The summed E-state index contributed by atoms with van der Waals surface area (Å²) in [4.78, 5) is 12.0. The molecule has 0 spiro atoms. The molecule has 0 aromatic rings. The standard InChI is InChI=1S/C16H30N2O2/c1-2-15(13-6-4-3-5-7-13)17-12-16(19)18-14-8-10-20-11-9-14/h13-15,17H,2-12H2,1H3,(H,18,19). The highest BCUT2D eigenvalue weighted by molar-refractivity contribution is 5.78. The third kappa shape index (κ3) is 5.06. The zero-order valence-electron chi connectivity index (χ0n) is 12.8. The van der Waals surface area contributed by atoms with Gasteiger partial charge in [-0.2, -0.15) is 0 Å². The molecule has 20 heavy (non-hydrogen) atoms. The van der Waals surface area contributed by atoms with Gasteiger partial charge in [-0.3, -0.25) is 4.79 Å². The molecule has 4 nitrogen and oxygen atoms in total. The summed E-state index contributed by atoms with van der Waals surface area (Å²) < 4.78 is 5.31. The summed E-state index contributed by atoms with van der Waals surface area (Å²) in [7, 11) is 0. The first-order valence-corrected chi connectivity index (χ1v) is 8.40. The van der Waals surface area contributed by atoms with Gasteiger partial charge in [0.25, 0.3) is 0 Å². The van der Waals surface area contributed by atoms with E-state index in [1.165, 1.54) is 32.1 Å². The Morgan fingerprint density at radius 1 is 1.15 bits per heavy atom. The van der Waals surface area contributed by atoms with Crippen molar-refractivity contribution < 1.29 is 9.53 Å². The molecule has 1 atom stereocenters. The predicted octanol–water partition coefficient (Wildman–Crippen LogP) is 2.23. The molecule has 1 amide bonds. The number of hydrogen-bond donors (Lipinski definition) is 2. The lowest BCUT2D eigenvalue weighted by atomic mass is 9.83. The van der Waals surface area contributed by atoms with Gasteiger partial charge >= 0.3 is 0 Å². The molecule has 116 valence electrons. The Morgan fingerprint density at radius 3 is 2.50 bits per heavy atom. The van der Waals surface area contributed by atoms with Crippen LogP contribution in [0.2, 0.25) is 0 Å². The van der Waals surface area contributed by atoms with Crippen LogP contribution < -0.4 is 10.6 Å². The molecule has 2 N–H and O–H groups in total. The van der Waals surface area contributed by atoms with Crippen LogP contribution in [0.3, 0.4) is 0 Å². The van der Waals surface area contributed by atoms with E-state index >= 15 is 0 Å². The van der Waals surface area contributed by atoms with Crippen LogP contribution in [0.1, 0.15) is 58.3 Å². The van der Waals surface area contributed by atoms with Crippen LogP contribution in [-0.2, 0) is 9.53 Å². The smallest absolute Gasteiger partial charge is 0.234 e. The Morgan fingerprint density at radius 2 is 1.85 bits per heavy atom. The number of nitrogens with one attached hydrogen (secondary N) is 2. The monoisotopic (exact) mass is 282 g/mol. The van der Waals surface area contributed by atoms with E-state index in [0.29, 0.717) is 18.6 Å². The number of rotatable bonds is 6. The van der Waals surface area contributed by atoms with Gasteiger partial charge in [0.05, 0.1) is 6.54 Å². The van der Waals surface area contributed by atoms with Gasteiger partial charge in [0.1, 0.15) is 0 Å². The second kappa shape index (κ2) is 8.63. The van der Waals surface area contributed by atoms with Crippen molar-refractivity contribution in [3.05, 3.63) is 0 Å². The van der Waals surface area contributed by atoms with E-state index in [0.717, 1.165) is 38.4 Å². The summed E-state index contributed by atoms with van der Waals surface area (Å²) in [6, 6.07) is 0.823. The van der Waals surface area contributed by atoms with Gasteiger partial charge in [0.2, 0.25) is 5.91 Å². The van der Waals surface area contributed by atoms with Crippen LogP contribution in [0.25, 0.3) is 0 Å². The number of carbonyl (C=O) groups excluding carboxylic acids is 1. The van der Waals surface area contributed by atoms with Gasteiger partial charge in [-0.1, -0.05) is 26.2 Å². The maximum Gasteiger partial charge on any atom is 0.234 e. The maximum atomic E-state index is 12.0. The minimum atomic E-state index is 0.145. The zero-order chi connectivity index (χ0) is 14.2. The first kappa shape index (κ1) is 15.8. The molecule has 1 aliphatic heterocycles. The molecule has 2 rings (SSSR count). The van der Waals surface area contributed by atoms with Crippen molar-refractivity contribution in [2.75, 3.05) is 19.8 Å². The lowest BCUT2D eigenvalue weighted by Crippen LogP contribution is -2.46. The largest absolute Gasteiger partial charge is 0.381 e. The third-order valence-corrected chi connectivity index (χ3v) is 4.77. The van der Waals surface area contributed by atoms with Crippen molar-refractivity contribution in [3.63, 3.8) is 0 Å². The molecule has 1 unspecified atom stereocenters. The number of amides is 1. The van der Waals surface area contributed by atoms with E-state index in [9.17, 15) is 4.79 Å². The lowest BCUT2D eigenvalue weighted by Gasteiger charge is -2.30. The summed E-state index contributed by atoms with van der Waals surface area (Å²) in [6.45, 7) is 4.24. The van der Waals surface area contributed by atoms with Crippen molar-refractivity contribution in [2.24, 2.45) is 5.92 Å². The third-order valence-electron chi connectivity index (χ3n) is 4.77. The Bertz CT molecular complexity index is 284. The van der Waals surface area contributed by atoms with E-state index < -0.39 is 0 Å². The molecule has 0 radical (unpaired) electrons. The molecule has 2 aliphatic rings. The van der Waals surface area contributed by atoms with E-state index in [2.05, 4.69) is 17.6 Å². The first-order chi connectivity index (χ1) is 9.79. The van der Waals surface area contributed by atoms with Gasteiger partial charge in [-0.25, -0.2) is 0 Å². The van der Waals surface area contributed by atoms with Crippen molar-refractivity contribution >= 4 is 5.91 Å². The van der Waals surface area contributed by atoms with Gasteiger partial charge < -0.3 is 15.4 Å². The summed E-state index contributed by atoms with van der Waals surface area (Å²) in [5.74, 6) is 0.913. The normalized spacial score (nSPS) is 23.4. The van der Waals surface area contributed by atoms with Crippen molar-refractivity contribution in [2.45, 2.75) is 70.4 Å². The summed E-state index contributed by atoms with van der Waals surface area (Å²) in [6.07, 6.45) is 9.78. The van der Waals surface area contributed by atoms with Crippen LogP contribution in [-0.4, -0.2) is 37.7 Å². The fraction of sp³-hybridized carbons (Fsp3) is 0.938. The highest BCUT2D eigenvalue weighted by Gasteiger charge is 2.23. The second-order valence-corrected chi connectivity index (χ2v) is 6.25. The molecule has 4 heteroatoms. The molecule has 0 bridgehead atoms. The number of hydrogen-bond acceptors (Lipinski definition) is 3. The fourth-order valence-corrected chi connectivity index (χ4v) is 3.53. The van der Waals surface area contributed by atoms with Gasteiger partial charge in [0, 0.05) is 25.3 Å². The van der Waals surface area contributed by atoms with E-state index in [-0.39, 0.29) is 5.91 Å². The van der Waals surface area contributed by atoms with Gasteiger partial charge in [0.15, 0.2) is 0 Å². The minimum absolute atomic E-state index is 0.145.